The van der Waals surface area contributed by atoms with Crippen molar-refractivity contribution in [3.8, 4) is 0 Å². The fraction of sp³-hybridized carbons (Fsp3) is 0.385. The van der Waals surface area contributed by atoms with Crippen molar-refractivity contribution < 1.29 is 23.8 Å². The first-order valence-electron chi connectivity index (χ1n) is 6.30. The Labute approximate surface area is 137 Å². The van der Waals surface area contributed by atoms with E-state index in [1.807, 2.05) is 0 Å². The standard InChI is InChI=1S/C13H11Br2NO5/c1-2-19-12(18)16-9-6-7(14)5-8(15)10(9)13(11(16)17)20-3-4-21-13/h5-6H,2-4H2,1H3. The van der Waals surface area contributed by atoms with E-state index in [0.29, 0.717) is 20.2 Å². The molecular weight excluding hydrogens is 410 g/mol. The van der Waals surface area contributed by atoms with Gasteiger partial charge in [-0.2, -0.15) is 0 Å². The first kappa shape index (κ1) is 15.0. The van der Waals surface area contributed by atoms with Gasteiger partial charge in [0.1, 0.15) is 0 Å². The van der Waals surface area contributed by atoms with Gasteiger partial charge in [-0.3, -0.25) is 4.79 Å². The van der Waals surface area contributed by atoms with E-state index in [2.05, 4.69) is 31.9 Å². The summed E-state index contributed by atoms with van der Waals surface area (Å²) in [7, 11) is 0. The van der Waals surface area contributed by atoms with Gasteiger partial charge in [-0.05, 0) is 19.1 Å². The highest BCUT2D eigenvalue weighted by atomic mass is 79.9. The molecule has 1 aromatic rings. The van der Waals surface area contributed by atoms with Crippen molar-refractivity contribution in [2.45, 2.75) is 12.7 Å². The van der Waals surface area contributed by atoms with Crippen LogP contribution in [0.15, 0.2) is 21.1 Å². The summed E-state index contributed by atoms with van der Waals surface area (Å²) in [4.78, 5) is 25.8. The lowest BCUT2D eigenvalue weighted by Crippen LogP contribution is -2.44. The number of amides is 2. The summed E-state index contributed by atoms with van der Waals surface area (Å²) in [5.74, 6) is -2.16. The molecule has 1 fully saturated rings. The molecule has 0 aliphatic carbocycles. The molecule has 1 aromatic carbocycles. The molecule has 3 rings (SSSR count). The summed E-state index contributed by atoms with van der Waals surface area (Å²) in [6.07, 6.45) is -0.746. The number of halogens is 2. The predicted molar refractivity (Wildman–Crippen MR) is 79.9 cm³/mol. The van der Waals surface area contributed by atoms with Crippen molar-refractivity contribution in [2.75, 3.05) is 24.7 Å². The van der Waals surface area contributed by atoms with Crippen molar-refractivity contribution in [2.24, 2.45) is 0 Å². The van der Waals surface area contributed by atoms with E-state index in [0.717, 1.165) is 4.90 Å². The van der Waals surface area contributed by atoms with E-state index in [4.69, 9.17) is 14.2 Å². The lowest BCUT2D eigenvalue weighted by atomic mass is 10.1. The van der Waals surface area contributed by atoms with Crippen LogP contribution in [-0.2, 0) is 24.8 Å². The number of rotatable bonds is 1. The minimum absolute atomic E-state index is 0.168. The Kier molecular flexibility index (Phi) is 3.81. The van der Waals surface area contributed by atoms with Crippen molar-refractivity contribution >= 4 is 49.5 Å². The second-order valence-electron chi connectivity index (χ2n) is 4.43. The van der Waals surface area contributed by atoms with Gasteiger partial charge in [0.2, 0.25) is 0 Å². The van der Waals surface area contributed by atoms with Crippen LogP contribution in [0.3, 0.4) is 0 Å². The van der Waals surface area contributed by atoms with Gasteiger partial charge >= 0.3 is 12.0 Å². The van der Waals surface area contributed by atoms with Gasteiger partial charge in [0.05, 0.1) is 31.1 Å². The number of imide groups is 1. The lowest BCUT2D eigenvalue weighted by molar-refractivity contribution is -0.180. The highest BCUT2D eigenvalue weighted by Crippen LogP contribution is 2.50. The number of nitrogens with zero attached hydrogens (tertiary/aromatic N) is 1. The van der Waals surface area contributed by atoms with Crippen molar-refractivity contribution in [1.29, 1.82) is 0 Å². The van der Waals surface area contributed by atoms with Gasteiger partial charge in [0.25, 0.3) is 5.79 Å². The van der Waals surface area contributed by atoms with E-state index in [-0.39, 0.29) is 19.8 Å². The van der Waals surface area contributed by atoms with Crippen LogP contribution < -0.4 is 4.90 Å². The molecule has 0 radical (unpaired) electrons. The summed E-state index contributed by atoms with van der Waals surface area (Å²) in [6, 6.07) is 3.43. The molecule has 21 heavy (non-hydrogen) atoms. The highest BCUT2D eigenvalue weighted by molar-refractivity contribution is 9.11. The van der Waals surface area contributed by atoms with Crippen LogP contribution in [-0.4, -0.2) is 31.8 Å². The summed E-state index contributed by atoms with van der Waals surface area (Å²) < 4.78 is 17.4. The average molecular weight is 421 g/mol. The molecule has 0 saturated carbocycles. The van der Waals surface area contributed by atoms with Crippen LogP contribution in [0.25, 0.3) is 0 Å². The third kappa shape index (κ3) is 2.12. The van der Waals surface area contributed by atoms with Crippen LogP contribution >= 0.6 is 31.9 Å². The summed E-state index contributed by atoms with van der Waals surface area (Å²) >= 11 is 6.75. The molecule has 2 heterocycles. The number of fused-ring (bicyclic) bond motifs is 2. The molecule has 1 spiro atoms. The maximum absolute atomic E-state index is 12.7. The molecule has 2 aliphatic rings. The van der Waals surface area contributed by atoms with Crippen LogP contribution in [0.2, 0.25) is 0 Å². The van der Waals surface area contributed by atoms with Gasteiger partial charge < -0.3 is 14.2 Å². The van der Waals surface area contributed by atoms with E-state index in [1.54, 1.807) is 19.1 Å². The smallest absolute Gasteiger partial charge is 0.421 e. The molecule has 8 heteroatoms. The maximum atomic E-state index is 12.7. The van der Waals surface area contributed by atoms with Gasteiger partial charge in [-0.15, -0.1) is 0 Å². The number of carbonyl (C=O) groups excluding carboxylic acids is 2. The second kappa shape index (κ2) is 5.35. The van der Waals surface area contributed by atoms with Crippen LogP contribution in [0.5, 0.6) is 0 Å². The Bertz CT molecular complexity index is 627. The normalized spacial score (nSPS) is 19.2. The topological polar surface area (TPSA) is 65.1 Å². The molecule has 0 N–H and O–H groups in total. The Morgan fingerprint density at radius 3 is 2.67 bits per heavy atom. The van der Waals surface area contributed by atoms with Crippen LogP contribution in [0.4, 0.5) is 10.5 Å². The Hall–Kier alpha value is -0.960. The Morgan fingerprint density at radius 2 is 2.05 bits per heavy atom. The van der Waals surface area contributed by atoms with E-state index in [9.17, 15) is 9.59 Å². The zero-order chi connectivity index (χ0) is 15.2. The molecular formula is C13H11Br2NO5. The zero-order valence-electron chi connectivity index (χ0n) is 11.0. The first-order chi connectivity index (χ1) is 10.0. The molecule has 0 bridgehead atoms. The van der Waals surface area contributed by atoms with Crippen LogP contribution in [0.1, 0.15) is 12.5 Å². The van der Waals surface area contributed by atoms with Gasteiger partial charge in [0, 0.05) is 8.95 Å². The maximum Gasteiger partial charge on any atom is 0.421 e. The second-order valence-corrected chi connectivity index (χ2v) is 6.20. The third-order valence-electron chi connectivity index (χ3n) is 3.23. The van der Waals surface area contributed by atoms with Gasteiger partial charge in [-0.25, -0.2) is 9.69 Å². The highest BCUT2D eigenvalue weighted by Gasteiger charge is 2.59. The molecule has 2 aliphatic heterocycles. The summed E-state index contributed by atoms with van der Waals surface area (Å²) in [5.41, 5.74) is 0.878. The fourth-order valence-electron chi connectivity index (χ4n) is 2.48. The minimum atomic E-state index is -1.57. The van der Waals surface area contributed by atoms with E-state index in [1.165, 1.54) is 0 Å². The Balaban J connectivity index is 2.19. The number of hydrogen-bond donors (Lipinski definition) is 0. The first-order valence-corrected chi connectivity index (χ1v) is 7.88. The molecule has 0 atom stereocenters. The number of ether oxygens (including phenoxy) is 3. The average Bonchev–Trinajstić information content (AvgIpc) is 2.96. The molecule has 6 nitrogen and oxygen atoms in total. The number of hydrogen-bond acceptors (Lipinski definition) is 5. The van der Waals surface area contributed by atoms with E-state index < -0.39 is 17.8 Å². The van der Waals surface area contributed by atoms with Gasteiger partial charge in [0.15, 0.2) is 0 Å². The van der Waals surface area contributed by atoms with E-state index >= 15 is 0 Å². The Morgan fingerprint density at radius 1 is 1.38 bits per heavy atom. The minimum Gasteiger partial charge on any atom is -0.449 e. The molecule has 112 valence electrons. The SMILES string of the molecule is CCOC(=O)N1C(=O)C2(OCCO2)c2c(Br)cc(Br)cc21. The number of carbonyl (C=O) groups is 2. The van der Waals surface area contributed by atoms with Crippen molar-refractivity contribution in [3.63, 3.8) is 0 Å². The van der Waals surface area contributed by atoms with Gasteiger partial charge in [-0.1, -0.05) is 31.9 Å². The monoisotopic (exact) mass is 419 g/mol. The quantitative estimate of drug-likeness (QED) is 0.698. The predicted octanol–water partition coefficient (Wildman–Crippen LogP) is 2.91. The zero-order valence-corrected chi connectivity index (χ0v) is 14.2. The largest absolute Gasteiger partial charge is 0.449 e. The number of benzene rings is 1. The molecule has 2 amide bonds. The lowest BCUT2D eigenvalue weighted by Gasteiger charge is -2.21. The fourth-order valence-corrected chi connectivity index (χ4v) is 3.94. The van der Waals surface area contributed by atoms with Crippen molar-refractivity contribution in [1.82, 2.24) is 0 Å². The third-order valence-corrected chi connectivity index (χ3v) is 4.32. The summed E-state index contributed by atoms with van der Waals surface area (Å²) in [5, 5.41) is 0. The molecule has 1 saturated heterocycles. The molecule has 0 unspecified atom stereocenters. The summed E-state index contributed by atoms with van der Waals surface area (Å²) in [6.45, 7) is 2.41. The molecule has 0 aromatic heterocycles. The number of anilines is 1. The van der Waals surface area contributed by atoms with Crippen molar-refractivity contribution in [3.05, 3.63) is 26.6 Å². The van der Waals surface area contributed by atoms with Crippen LogP contribution in [0, 0.1) is 0 Å².